The fraction of sp³-hybridized carbons (Fsp3) is 0.500. The summed E-state index contributed by atoms with van der Waals surface area (Å²) < 4.78 is 6.00. The minimum absolute atomic E-state index is 0.167. The van der Waals surface area contributed by atoms with Crippen LogP contribution >= 0.6 is 0 Å². The van der Waals surface area contributed by atoms with Crippen LogP contribution in [-0.4, -0.2) is 0 Å². The van der Waals surface area contributed by atoms with Gasteiger partial charge in [-0.3, -0.25) is 5.84 Å². The molecule has 4 rings (SSSR count). The predicted octanol–water partition coefficient (Wildman–Crippen LogP) is 3.29. The molecule has 0 radical (unpaired) electrons. The van der Waals surface area contributed by atoms with Gasteiger partial charge in [0.1, 0.15) is 11.3 Å². The van der Waals surface area contributed by atoms with E-state index in [1.807, 2.05) is 6.07 Å². The van der Waals surface area contributed by atoms with Crippen molar-refractivity contribution in [1.82, 2.24) is 5.43 Å². The largest absolute Gasteiger partial charge is 0.459 e. The Bertz CT molecular complexity index is 608. The van der Waals surface area contributed by atoms with Gasteiger partial charge in [-0.05, 0) is 62.1 Å². The van der Waals surface area contributed by atoms with Crippen molar-refractivity contribution in [1.29, 1.82) is 0 Å². The number of benzene rings is 1. The van der Waals surface area contributed by atoms with E-state index in [0.717, 1.165) is 23.2 Å². The predicted molar refractivity (Wildman–Crippen MR) is 75.3 cm³/mol. The molecule has 0 bridgehead atoms. The van der Waals surface area contributed by atoms with Gasteiger partial charge in [0.25, 0.3) is 0 Å². The lowest BCUT2D eigenvalue weighted by molar-refractivity contribution is 0.304. The standard InChI is InChI=1S/C16H20N2O/c1-9-2-3-14-12(4-9)8-15(19-14)16(18-17)13-6-10-5-11(10)7-13/h2-4,8,10-11,13,16,18H,5-7,17H2,1H3. The van der Waals surface area contributed by atoms with Gasteiger partial charge in [0.2, 0.25) is 0 Å². The molecule has 1 aromatic carbocycles. The average molecular weight is 256 g/mol. The Morgan fingerprint density at radius 1 is 1.21 bits per heavy atom. The van der Waals surface area contributed by atoms with Crippen molar-refractivity contribution >= 4 is 11.0 Å². The molecule has 1 heterocycles. The van der Waals surface area contributed by atoms with Crippen molar-refractivity contribution in [2.24, 2.45) is 23.6 Å². The second-order valence-electron chi connectivity index (χ2n) is 6.32. The Morgan fingerprint density at radius 2 is 2.00 bits per heavy atom. The summed E-state index contributed by atoms with van der Waals surface area (Å²) in [4.78, 5) is 0. The van der Waals surface area contributed by atoms with Crippen LogP contribution in [0.3, 0.4) is 0 Å². The number of fused-ring (bicyclic) bond motifs is 2. The molecule has 2 saturated carbocycles. The number of furan rings is 1. The van der Waals surface area contributed by atoms with Gasteiger partial charge in [0.15, 0.2) is 0 Å². The Morgan fingerprint density at radius 3 is 2.74 bits per heavy atom. The third kappa shape index (κ3) is 1.88. The van der Waals surface area contributed by atoms with E-state index in [-0.39, 0.29) is 6.04 Å². The van der Waals surface area contributed by atoms with Gasteiger partial charge < -0.3 is 4.42 Å². The lowest BCUT2D eigenvalue weighted by atomic mass is 9.93. The molecule has 2 aromatic rings. The number of hydrogen-bond acceptors (Lipinski definition) is 3. The van der Waals surface area contributed by atoms with E-state index in [9.17, 15) is 0 Å². The van der Waals surface area contributed by atoms with Gasteiger partial charge in [0.05, 0.1) is 6.04 Å². The van der Waals surface area contributed by atoms with Crippen LogP contribution in [0.2, 0.25) is 0 Å². The van der Waals surface area contributed by atoms with E-state index in [4.69, 9.17) is 10.3 Å². The first-order chi connectivity index (χ1) is 9.24. The molecule has 2 aliphatic rings. The van der Waals surface area contributed by atoms with Crippen LogP contribution in [0.1, 0.15) is 36.6 Å². The highest BCUT2D eigenvalue weighted by molar-refractivity contribution is 5.78. The highest BCUT2D eigenvalue weighted by Crippen LogP contribution is 2.57. The van der Waals surface area contributed by atoms with Gasteiger partial charge >= 0.3 is 0 Å². The summed E-state index contributed by atoms with van der Waals surface area (Å²) in [5.74, 6) is 9.35. The number of aryl methyl sites for hydroxylation is 1. The Balaban J connectivity index is 1.67. The van der Waals surface area contributed by atoms with Crippen LogP contribution in [0, 0.1) is 24.7 Å². The van der Waals surface area contributed by atoms with E-state index in [2.05, 4.69) is 30.5 Å². The summed E-state index contributed by atoms with van der Waals surface area (Å²) in [6, 6.07) is 8.62. The van der Waals surface area contributed by atoms with Crippen molar-refractivity contribution in [2.75, 3.05) is 0 Å². The first kappa shape index (κ1) is 11.5. The van der Waals surface area contributed by atoms with Crippen LogP contribution < -0.4 is 11.3 Å². The number of rotatable bonds is 3. The second-order valence-corrected chi connectivity index (χ2v) is 6.32. The Labute approximate surface area is 113 Å². The minimum atomic E-state index is 0.167. The Hall–Kier alpha value is -1.32. The van der Waals surface area contributed by atoms with Crippen LogP contribution in [0.4, 0.5) is 0 Å². The SMILES string of the molecule is Cc1ccc2oc(C(NN)C3CC4CC4C3)cc2c1. The first-order valence-corrected chi connectivity index (χ1v) is 7.21. The first-order valence-electron chi connectivity index (χ1n) is 7.21. The molecule has 2 fully saturated rings. The normalized spacial score (nSPS) is 30.5. The molecule has 19 heavy (non-hydrogen) atoms. The zero-order chi connectivity index (χ0) is 13.0. The number of hydrogen-bond donors (Lipinski definition) is 2. The molecule has 100 valence electrons. The molecule has 3 atom stereocenters. The molecular weight excluding hydrogens is 236 g/mol. The molecule has 1 aromatic heterocycles. The fourth-order valence-electron chi connectivity index (χ4n) is 3.82. The highest BCUT2D eigenvalue weighted by atomic mass is 16.3. The zero-order valence-corrected chi connectivity index (χ0v) is 11.2. The monoisotopic (exact) mass is 256 g/mol. The fourth-order valence-corrected chi connectivity index (χ4v) is 3.82. The molecule has 3 heteroatoms. The van der Waals surface area contributed by atoms with E-state index in [1.165, 1.54) is 30.2 Å². The summed E-state index contributed by atoms with van der Waals surface area (Å²) in [5.41, 5.74) is 5.21. The van der Waals surface area contributed by atoms with Crippen LogP contribution in [0.15, 0.2) is 28.7 Å². The molecule has 0 aliphatic heterocycles. The molecule has 0 amide bonds. The third-order valence-corrected chi connectivity index (χ3v) is 4.93. The topological polar surface area (TPSA) is 51.2 Å². The summed E-state index contributed by atoms with van der Waals surface area (Å²) >= 11 is 0. The van der Waals surface area contributed by atoms with Crippen molar-refractivity contribution in [2.45, 2.75) is 32.2 Å². The third-order valence-electron chi connectivity index (χ3n) is 4.93. The maximum Gasteiger partial charge on any atom is 0.134 e. The molecule has 0 spiro atoms. The quantitative estimate of drug-likeness (QED) is 0.654. The molecule has 3 unspecified atom stereocenters. The van der Waals surface area contributed by atoms with Crippen molar-refractivity contribution in [3.8, 4) is 0 Å². The summed E-state index contributed by atoms with van der Waals surface area (Å²) in [6.45, 7) is 2.11. The van der Waals surface area contributed by atoms with Crippen molar-refractivity contribution in [3.63, 3.8) is 0 Å². The molecular formula is C16H20N2O. The lowest BCUT2D eigenvalue weighted by Crippen LogP contribution is -2.32. The molecule has 0 saturated heterocycles. The zero-order valence-electron chi connectivity index (χ0n) is 11.2. The van der Waals surface area contributed by atoms with Gasteiger partial charge in [-0.15, -0.1) is 0 Å². The van der Waals surface area contributed by atoms with E-state index in [1.54, 1.807) is 0 Å². The molecule has 3 N–H and O–H groups in total. The second kappa shape index (κ2) is 4.09. The maximum atomic E-state index is 6.00. The molecule has 3 nitrogen and oxygen atoms in total. The Kier molecular flexibility index (Phi) is 2.47. The number of nitrogens with one attached hydrogen (secondary N) is 1. The van der Waals surface area contributed by atoms with Gasteiger partial charge in [0, 0.05) is 5.39 Å². The van der Waals surface area contributed by atoms with E-state index < -0.39 is 0 Å². The smallest absolute Gasteiger partial charge is 0.134 e. The summed E-state index contributed by atoms with van der Waals surface area (Å²) in [7, 11) is 0. The van der Waals surface area contributed by atoms with Crippen molar-refractivity contribution < 1.29 is 4.42 Å². The van der Waals surface area contributed by atoms with Crippen LogP contribution in [-0.2, 0) is 0 Å². The van der Waals surface area contributed by atoms with Crippen LogP contribution in [0.25, 0.3) is 11.0 Å². The van der Waals surface area contributed by atoms with E-state index >= 15 is 0 Å². The minimum Gasteiger partial charge on any atom is -0.459 e. The lowest BCUT2D eigenvalue weighted by Gasteiger charge is -2.21. The molecule has 2 aliphatic carbocycles. The van der Waals surface area contributed by atoms with Gasteiger partial charge in [-0.2, -0.15) is 0 Å². The highest BCUT2D eigenvalue weighted by Gasteiger charge is 2.48. The van der Waals surface area contributed by atoms with E-state index in [0.29, 0.717) is 5.92 Å². The van der Waals surface area contributed by atoms with Gasteiger partial charge in [-0.25, -0.2) is 5.43 Å². The number of hydrazine groups is 1. The average Bonchev–Trinajstić information content (AvgIpc) is 2.84. The van der Waals surface area contributed by atoms with Crippen molar-refractivity contribution in [3.05, 3.63) is 35.6 Å². The summed E-state index contributed by atoms with van der Waals surface area (Å²) in [6.07, 6.45) is 4.04. The van der Waals surface area contributed by atoms with Gasteiger partial charge in [-0.1, -0.05) is 11.6 Å². The van der Waals surface area contributed by atoms with Crippen LogP contribution in [0.5, 0.6) is 0 Å². The summed E-state index contributed by atoms with van der Waals surface area (Å²) in [5, 5.41) is 1.18. The maximum absolute atomic E-state index is 6.00. The number of nitrogens with two attached hydrogens (primary N) is 1.